The predicted octanol–water partition coefficient (Wildman–Crippen LogP) is 8.31. The molecule has 0 fully saturated rings. The lowest BCUT2D eigenvalue weighted by Gasteiger charge is -2.07. The van der Waals surface area contributed by atoms with Crippen molar-refractivity contribution in [3.63, 3.8) is 0 Å². The highest BCUT2D eigenvalue weighted by Gasteiger charge is 2.11. The molecule has 4 aromatic carbocycles. The molecule has 0 aromatic heterocycles. The second kappa shape index (κ2) is 9.01. The van der Waals surface area contributed by atoms with Crippen LogP contribution in [0.3, 0.4) is 0 Å². The smallest absolute Gasteiger partial charge is 0.144 e. The molecule has 150 valence electrons. The average Bonchev–Trinajstić information content (AvgIpc) is 2.65. The van der Waals surface area contributed by atoms with Crippen LogP contribution in [0.4, 0.5) is 0 Å². The summed E-state index contributed by atoms with van der Waals surface area (Å²) in [4.78, 5) is 0. The fourth-order valence-corrected chi connectivity index (χ4v) is 4.95. The molecule has 0 aliphatic rings. The third-order valence-corrected chi connectivity index (χ3v) is 7.36. The van der Waals surface area contributed by atoms with Crippen molar-refractivity contribution in [1.29, 1.82) is 0 Å². The average molecular weight is 715 g/mol. The number of rotatable bonds is 0. The van der Waals surface area contributed by atoms with Crippen LogP contribution in [0.25, 0.3) is 21.5 Å². The van der Waals surface area contributed by atoms with Crippen LogP contribution in [0.2, 0.25) is 0 Å². The Bertz CT molecular complexity index is 1160. The Morgan fingerprint density at radius 3 is 1.34 bits per heavy atom. The third kappa shape index (κ3) is 4.85. The molecule has 4 N–H and O–H groups in total. The molecule has 9 heteroatoms. The second-order valence-corrected chi connectivity index (χ2v) is 10.2. The van der Waals surface area contributed by atoms with Gasteiger partial charge in [-0.15, -0.1) is 0 Å². The summed E-state index contributed by atoms with van der Waals surface area (Å²) in [6.07, 6.45) is 0. The standard InChI is InChI=1S/C10H5Br3O2.C10H6Br2O2/c11-6-1-4-2-7(12)10(15)9(13)5(4)3-8(6)14;11-7-1-5-2-8(12)10(14)4-6(5)3-9(7)13/h1-3,14-15H;1-4,13-14H. The lowest BCUT2D eigenvalue weighted by Crippen LogP contribution is -1.79. The van der Waals surface area contributed by atoms with Gasteiger partial charge in [-0.3, -0.25) is 0 Å². The van der Waals surface area contributed by atoms with Gasteiger partial charge in [-0.2, -0.15) is 0 Å². The predicted molar refractivity (Wildman–Crippen MR) is 133 cm³/mol. The molecule has 0 aliphatic heterocycles. The van der Waals surface area contributed by atoms with Gasteiger partial charge in [0.25, 0.3) is 0 Å². The highest BCUT2D eigenvalue weighted by molar-refractivity contribution is 9.11. The van der Waals surface area contributed by atoms with Gasteiger partial charge in [0, 0.05) is 5.39 Å². The van der Waals surface area contributed by atoms with Crippen LogP contribution >= 0.6 is 79.6 Å². The minimum atomic E-state index is 0.129. The SMILES string of the molecule is Oc1cc2c(Br)c(O)c(Br)cc2cc1Br.Oc1cc2cc(O)c(Br)cc2cc1Br. The maximum absolute atomic E-state index is 9.68. The zero-order valence-electron chi connectivity index (χ0n) is 14.2. The summed E-state index contributed by atoms with van der Waals surface area (Å²) < 4.78 is 3.08. The van der Waals surface area contributed by atoms with Crippen LogP contribution in [0, 0.1) is 0 Å². The number of aromatic hydroxyl groups is 4. The number of phenolic OH excluding ortho intramolecular Hbond substituents is 4. The minimum Gasteiger partial charge on any atom is -0.507 e. The van der Waals surface area contributed by atoms with Crippen LogP contribution < -0.4 is 0 Å². The topological polar surface area (TPSA) is 80.9 Å². The summed E-state index contributed by atoms with van der Waals surface area (Å²) in [5, 5.41) is 41.5. The fraction of sp³-hybridized carbons (Fsp3) is 0. The number of halogens is 5. The fourth-order valence-electron chi connectivity index (χ4n) is 2.59. The van der Waals surface area contributed by atoms with E-state index in [2.05, 4.69) is 79.6 Å². The number of fused-ring (bicyclic) bond motifs is 2. The van der Waals surface area contributed by atoms with E-state index < -0.39 is 0 Å². The van der Waals surface area contributed by atoms with E-state index in [1.165, 1.54) is 0 Å². The van der Waals surface area contributed by atoms with E-state index in [0.29, 0.717) is 22.4 Å². The molecule has 0 spiro atoms. The molecule has 0 aliphatic carbocycles. The van der Waals surface area contributed by atoms with Crippen molar-refractivity contribution >= 4 is 101 Å². The van der Waals surface area contributed by atoms with Gasteiger partial charge in [-0.05, 0) is 138 Å². The summed E-state index contributed by atoms with van der Waals surface area (Å²) in [6, 6.07) is 12.0. The van der Waals surface area contributed by atoms with Crippen molar-refractivity contribution in [1.82, 2.24) is 0 Å². The van der Waals surface area contributed by atoms with Gasteiger partial charge in [-0.25, -0.2) is 0 Å². The van der Waals surface area contributed by atoms with Crippen LogP contribution in [0.15, 0.2) is 64.8 Å². The molecule has 0 atom stereocenters. The minimum absolute atomic E-state index is 0.129. The number of benzene rings is 4. The van der Waals surface area contributed by atoms with E-state index in [0.717, 1.165) is 21.5 Å². The molecule has 4 rings (SSSR count). The van der Waals surface area contributed by atoms with Gasteiger partial charge >= 0.3 is 0 Å². The third-order valence-electron chi connectivity index (χ3n) is 4.04. The molecule has 0 heterocycles. The largest absolute Gasteiger partial charge is 0.507 e. The molecule has 0 radical (unpaired) electrons. The summed E-state index contributed by atoms with van der Waals surface area (Å²) in [5.74, 6) is 0.604. The van der Waals surface area contributed by atoms with Gasteiger partial charge in [0.15, 0.2) is 0 Å². The van der Waals surface area contributed by atoms with Gasteiger partial charge in [0.05, 0.1) is 22.4 Å². The van der Waals surface area contributed by atoms with Gasteiger partial charge in [0.2, 0.25) is 0 Å². The Labute approximate surface area is 207 Å². The number of hydrogen-bond donors (Lipinski definition) is 4. The molecule has 0 bridgehead atoms. The van der Waals surface area contributed by atoms with E-state index in [-0.39, 0.29) is 23.0 Å². The molecule has 29 heavy (non-hydrogen) atoms. The number of phenols is 4. The first-order chi connectivity index (χ1) is 13.6. The normalized spacial score (nSPS) is 10.8. The molecule has 4 nitrogen and oxygen atoms in total. The van der Waals surface area contributed by atoms with E-state index in [9.17, 15) is 20.4 Å². The van der Waals surface area contributed by atoms with Crippen molar-refractivity contribution in [2.75, 3.05) is 0 Å². The monoisotopic (exact) mass is 710 g/mol. The van der Waals surface area contributed by atoms with Crippen molar-refractivity contribution in [3.05, 3.63) is 64.8 Å². The zero-order valence-corrected chi connectivity index (χ0v) is 22.2. The first-order valence-electron chi connectivity index (χ1n) is 7.88. The number of hydrogen-bond acceptors (Lipinski definition) is 4. The zero-order chi connectivity index (χ0) is 21.5. The molecule has 0 saturated heterocycles. The van der Waals surface area contributed by atoms with Crippen molar-refractivity contribution < 1.29 is 20.4 Å². The van der Waals surface area contributed by atoms with E-state index in [1.54, 1.807) is 42.5 Å². The highest BCUT2D eigenvalue weighted by Crippen LogP contribution is 2.41. The quantitative estimate of drug-likeness (QED) is 0.148. The Morgan fingerprint density at radius 1 is 0.448 bits per heavy atom. The first kappa shape index (κ1) is 22.7. The van der Waals surface area contributed by atoms with E-state index >= 15 is 0 Å². The molecule has 0 saturated carbocycles. The molecular formula is C20H11Br5O4. The molecular weight excluding hydrogens is 704 g/mol. The van der Waals surface area contributed by atoms with Crippen LogP contribution in [0.1, 0.15) is 0 Å². The maximum Gasteiger partial charge on any atom is 0.144 e. The molecule has 4 aromatic rings. The van der Waals surface area contributed by atoms with Crippen molar-refractivity contribution in [3.8, 4) is 23.0 Å². The summed E-state index contributed by atoms with van der Waals surface area (Å²) in [7, 11) is 0. The van der Waals surface area contributed by atoms with E-state index in [4.69, 9.17) is 0 Å². The van der Waals surface area contributed by atoms with Gasteiger partial charge in [-0.1, -0.05) is 0 Å². The van der Waals surface area contributed by atoms with Crippen LogP contribution in [0.5, 0.6) is 23.0 Å². The highest BCUT2D eigenvalue weighted by atomic mass is 79.9. The van der Waals surface area contributed by atoms with Crippen LogP contribution in [-0.4, -0.2) is 20.4 Å². The summed E-state index contributed by atoms with van der Waals surface area (Å²) >= 11 is 16.2. The molecule has 0 amide bonds. The van der Waals surface area contributed by atoms with Gasteiger partial charge in [0.1, 0.15) is 23.0 Å². The van der Waals surface area contributed by atoms with Gasteiger partial charge < -0.3 is 20.4 Å². The van der Waals surface area contributed by atoms with Crippen molar-refractivity contribution in [2.24, 2.45) is 0 Å². The molecule has 0 unspecified atom stereocenters. The lowest BCUT2D eigenvalue weighted by molar-refractivity contribution is 0.468. The van der Waals surface area contributed by atoms with Crippen LogP contribution in [-0.2, 0) is 0 Å². The Morgan fingerprint density at radius 2 is 0.828 bits per heavy atom. The van der Waals surface area contributed by atoms with E-state index in [1.807, 2.05) is 0 Å². The lowest BCUT2D eigenvalue weighted by atomic mass is 10.1. The summed E-state index contributed by atoms with van der Waals surface area (Å²) in [6.45, 7) is 0. The van der Waals surface area contributed by atoms with Crippen molar-refractivity contribution in [2.45, 2.75) is 0 Å². The first-order valence-corrected chi connectivity index (χ1v) is 11.8. The summed E-state index contributed by atoms with van der Waals surface area (Å²) in [5.41, 5.74) is 0. The second-order valence-electron chi connectivity index (χ2n) is 6.00. The maximum atomic E-state index is 9.68. The Hall–Kier alpha value is -1.000. The Kier molecular flexibility index (Phi) is 7.05. The Balaban J connectivity index is 0.000000166.